The zero-order valence-corrected chi connectivity index (χ0v) is 15.5. The summed E-state index contributed by atoms with van der Waals surface area (Å²) >= 11 is 6.76. The van der Waals surface area contributed by atoms with Gasteiger partial charge < -0.3 is 10.4 Å². The van der Waals surface area contributed by atoms with E-state index in [1.807, 2.05) is 48.5 Å². The molecule has 0 atom stereocenters. The first-order valence-corrected chi connectivity index (χ1v) is 8.66. The summed E-state index contributed by atoms with van der Waals surface area (Å²) in [5.41, 5.74) is 2.99. The molecule has 2 N–H and O–H groups in total. The molecule has 0 saturated carbocycles. The van der Waals surface area contributed by atoms with Crippen molar-refractivity contribution in [2.75, 3.05) is 0 Å². The van der Waals surface area contributed by atoms with Crippen molar-refractivity contribution in [2.24, 2.45) is 10.3 Å². The van der Waals surface area contributed by atoms with Gasteiger partial charge in [0.15, 0.2) is 0 Å². The standard InChI is InChI=1S/C17H16Br2N2O2/c18-14-8-4-12(5-9-14)16(20-22)2-1-3-17(21-23)13-6-10-15(19)11-7-13/h4-11,22-23H,1-3H2/b20-16+,21-17+. The fraction of sp³-hybridized carbons (Fsp3) is 0.176. The normalized spacial score (nSPS) is 12.4. The Hall–Kier alpha value is -1.66. The number of halogens is 2. The van der Waals surface area contributed by atoms with Crippen molar-refractivity contribution in [3.8, 4) is 0 Å². The van der Waals surface area contributed by atoms with Crippen LogP contribution in [0.3, 0.4) is 0 Å². The van der Waals surface area contributed by atoms with Crippen LogP contribution in [-0.2, 0) is 0 Å². The summed E-state index contributed by atoms with van der Waals surface area (Å²) in [5.74, 6) is 0. The molecule has 0 amide bonds. The molecule has 4 nitrogen and oxygen atoms in total. The molecule has 0 aromatic heterocycles. The van der Waals surface area contributed by atoms with E-state index in [-0.39, 0.29) is 0 Å². The largest absolute Gasteiger partial charge is 0.411 e. The topological polar surface area (TPSA) is 65.2 Å². The van der Waals surface area contributed by atoms with E-state index < -0.39 is 0 Å². The number of nitrogens with zero attached hydrogens (tertiary/aromatic N) is 2. The first kappa shape index (κ1) is 17.7. The van der Waals surface area contributed by atoms with Gasteiger partial charge in [0, 0.05) is 8.95 Å². The minimum Gasteiger partial charge on any atom is -0.411 e. The Balaban J connectivity index is 1.96. The number of hydrogen-bond donors (Lipinski definition) is 2. The smallest absolute Gasteiger partial charge is 0.0867 e. The minimum atomic E-state index is 0.591. The molecule has 0 fully saturated rings. The highest BCUT2D eigenvalue weighted by atomic mass is 79.9. The molecule has 0 radical (unpaired) electrons. The number of hydrogen-bond acceptors (Lipinski definition) is 4. The average molecular weight is 440 g/mol. The van der Waals surface area contributed by atoms with Crippen LogP contribution in [0.25, 0.3) is 0 Å². The summed E-state index contributed by atoms with van der Waals surface area (Å²) in [5, 5.41) is 25.2. The van der Waals surface area contributed by atoms with Crippen LogP contribution in [0.1, 0.15) is 30.4 Å². The predicted octanol–water partition coefficient (Wildman–Crippen LogP) is 5.44. The predicted molar refractivity (Wildman–Crippen MR) is 98.8 cm³/mol. The highest BCUT2D eigenvalue weighted by Gasteiger charge is 2.08. The van der Waals surface area contributed by atoms with Gasteiger partial charge in [0.05, 0.1) is 11.4 Å². The highest BCUT2D eigenvalue weighted by molar-refractivity contribution is 9.10. The molecule has 0 aliphatic heterocycles. The first-order chi connectivity index (χ1) is 11.1. The lowest BCUT2D eigenvalue weighted by molar-refractivity contribution is 0.317. The maximum absolute atomic E-state index is 9.21. The quantitative estimate of drug-likeness (QED) is 0.357. The lowest BCUT2D eigenvalue weighted by Gasteiger charge is -2.07. The molecular weight excluding hydrogens is 424 g/mol. The van der Waals surface area contributed by atoms with Crippen LogP contribution >= 0.6 is 31.9 Å². The summed E-state index contributed by atoms with van der Waals surface area (Å²) in [4.78, 5) is 0. The van der Waals surface area contributed by atoms with Gasteiger partial charge in [0.1, 0.15) is 0 Å². The van der Waals surface area contributed by atoms with Crippen molar-refractivity contribution in [3.63, 3.8) is 0 Å². The Kier molecular flexibility index (Phi) is 6.80. The third-order valence-corrected chi connectivity index (χ3v) is 4.48. The molecule has 0 aliphatic rings. The number of benzene rings is 2. The molecule has 0 heterocycles. The Labute approximate surface area is 151 Å². The van der Waals surface area contributed by atoms with Gasteiger partial charge in [-0.2, -0.15) is 0 Å². The van der Waals surface area contributed by atoms with E-state index in [9.17, 15) is 10.4 Å². The summed E-state index contributed by atoms with van der Waals surface area (Å²) in [6.07, 6.45) is 1.90. The second kappa shape index (κ2) is 8.84. The van der Waals surface area contributed by atoms with Crippen LogP contribution in [0.15, 0.2) is 67.8 Å². The van der Waals surface area contributed by atoms with Gasteiger partial charge in [0.2, 0.25) is 0 Å². The van der Waals surface area contributed by atoms with Crippen LogP contribution in [0, 0.1) is 0 Å². The monoisotopic (exact) mass is 438 g/mol. The van der Waals surface area contributed by atoms with Crippen molar-refractivity contribution in [1.29, 1.82) is 0 Å². The van der Waals surface area contributed by atoms with Crippen LogP contribution in [-0.4, -0.2) is 21.8 Å². The fourth-order valence-corrected chi connectivity index (χ4v) is 2.74. The lowest BCUT2D eigenvalue weighted by Crippen LogP contribution is -2.05. The van der Waals surface area contributed by atoms with Gasteiger partial charge in [0.25, 0.3) is 0 Å². The van der Waals surface area contributed by atoms with Crippen LogP contribution in [0.2, 0.25) is 0 Å². The van der Waals surface area contributed by atoms with Gasteiger partial charge in [-0.05, 0) is 54.7 Å². The highest BCUT2D eigenvalue weighted by Crippen LogP contribution is 2.16. The maximum atomic E-state index is 9.21. The van der Waals surface area contributed by atoms with E-state index in [2.05, 4.69) is 42.2 Å². The van der Waals surface area contributed by atoms with E-state index in [1.165, 1.54) is 0 Å². The third kappa shape index (κ3) is 5.18. The average Bonchev–Trinajstić information content (AvgIpc) is 2.57. The van der Waals surface area contributed by atoms with Gasteiger partial charge in [-0.15, -0.1) is 0 Å². The molecular formula is C17H16Br2N2O2. The van der Waals surface area contributed by atoms with Gasteiger partial charge in [-0.25, -0.2) is 0 Å². The molecule has 2 aromatic rings. The molecule has 120 valence electrons. The van der Waals surface area contributed by atoms with E-state index in [0.29, 0.717) is 30.7 Å². The van der Waals surface area contributed by atoms with E-state index in [0.717, 1.165) is 20.1 Å². The van der Waals surface area contributed by atoms with E-state index in [4.69, 9.17) is 0 Å². The minimum absolute atomic E-state index is 0.591. The Morgan fingerprint density at radius 3 is 1.35 bits per heavy atom. The summed E-state index contributed by atoms with van der Waals surface area (Å²) < 4.78 is 1.95. The Bertz CT molecular complexity index is 634. The van der Waals surface area contributed by atoms with Crippen molar-refractivity contribution in [2.45, 2.75) is 19.3 Å². The van der Waals surface area contributed by atoms with Crippen molar-refractivity contribution < 1.29 is 10.4 Å². The molecule has 6 heteroatoms. The number of oxime groups is 2. The van der Waals surface area contributed by atoms with Crippen LogP contribution in [0.4, 0.5) is 0 Å². The van der Waals surface area contributed by atoms with E-state index >= 15 is 0 Å². The molecule has 0 unspecified atom stereocenters. The lowest BCUT2D eigenvalue weighted by atomic mass is 10.0. The zero-order valence-electron chi connectivity index (χ0n) is 12.3. The first-order valence-electron chi connectivity index (χ1n) is 7.08. The summed E-state index contributed by atoms with van der Waals surface area (Å²) in [6, 6.07) is 15.2. The molecule has 0 spiro atoms. The number of rotatable bonds is 6. The SMILES string of the molecule is O/N=C(\CCC/C(=N\O)c1ccc(Br)cc1)c1ccc(Br)cc1. The van der Waals surface area contributed by atoms with Crippen LogP contribution < -0.4 is 0 Å². The second-order valence-corrected chi connectivity index (χ2v) is 6.79. The summed E-state index contributed by atoms with van der Waals surface area (Å²) in [6.45, 7) is 0. The second-order valence-electron chi connectivity index (χ2n) is 4.96. The third-order valence-electron chi connectivity index (χ3n) is 3.42. The van der Waals surface area contributed by atoms with Crippen LogP contribution in [0.5, 0.6) is 0 Å². The molecule has 2 rings (SSSR count). The van der Waals surface area contributed by atoms with Crippen molar-refractivity contribution in [3.05, 3.63) is 68.6 Å². The Morgan fingerprint density at radius 2 is 1.04 bits per heavy atom. The van der Waals surface area contributed by atoms with Crippen molar-refractivity contribution in [1.82, 2.24) is 0 Å². The summed E-state index contributed by atoms with van der Waals surface area (Å²) in [7, 11) is 0. The molecule has 0 saturated heterocycles. The fourth-order valence-electron chi connectivity index (χ4n) is 2.21. The Morgan fingerprint density at radius 1 is 0.696 bits per heavy atom. The zero-order chi connectivity index (χ0) is 16.7. The maximum Gasteiger partial charge on any atom is 0.0867 e. The molecule has 0 bridgehead atoms. The molecule has 2 aromatic carbocycles. The molecule has 23 heavy (non-hydrogen) atoms. The van der Waals surface area contributed by atoms with Gasteiger partial charge >= 0.3 is 0 Å². The van der Waals surface area contributed by atoms with Crippen molar-refractivity contribution >= 4 is 43.3 Å². The van der Waals surface area contributed by atoms with E-state index in [1.54, 1.807) is 0 Å². The van der Waals surface area contributed by atoms with Gasteiger partial charge in [-0.3, -0.25) is 0 Å². The molecule has 0 aliphatic carbocycles. The van der Waals surface area contributed by atoms with Gasteiger partial charge in [-0.1, -0.05) is 66.4 Å².